The van der Waals surface area contributed by atoms with Gasteiger partial charge in [-0.25, -0.2) is 0 Å². The number of amides is 1. The van der Waals surface area contributed by atoms with Crippen molar-refractivity contribution in [3.63, 3.8) is 0 Å². The molecule has 0 atom stereocenters. The Morgan fingerprint density at radius 2 is 1.96 bits per heavy atom. The number of carbonyl (C=O) groups is 1. The number of likely N-dealkylation sites (N-methyl/N-ethyl adjacent to an activating group) is 1. The molecule has 0 radical (unpaired) electrons. The lowest BCUT2D eigenvalue weighted by Crippen LogP contribution is -2.28. The zero-order chi connectivity index (χ0) is 17.8. The van der Waals surface area contributed by atoms with Crippen molar-refractivity contribution >= 4 is 40.7 Å². The number of thioether (sulfide) groups is 1. The van der Waals surface area contributed by atoms with Crippen molar-refractivity contribution in [2.45, 2.75) is 30.8 Å². The molecule has 0 N–H and O–H groups in total. The van der Waals surface area contributed by atoms with Gasteiger partial charge in [0.1, 0.15) is 5.76 Å². The molecule has 2 aromatic rings. The smallest absolute Gasteiger partial charge is 0.266 e. The van der Waals surface area contributed by atoms with Crippen molar-refractivity contribution in [2.24, 2.45) is 4.99 Å². The van der Waals surface area contributed by atoms with Crippen molar-refractivity contribution in [1.29, 1.82) is 0 Å². The zero-order valence-electron chi connectivity index (χ0n) is 14.5. The highest BCUT2D eigenvalue weighted by Gasteiger charge is 2.32. The van der Waals surface area contributed by atoms with E-state index in [4.69, 9.17) is 4.42 Å². The average molecular weight is 373 g/mol. The van der Waals surface area contributed by atoms with Gasteiger partial charge in [0.05, 0.1) is 4.91 Å². The maximum atomic E-state index is 12.5. The number of hydrogen-bond acceptors (Lipinski definition) is 5. The molecule has 1 aliphatic heterocycles. The van der Waals surface area contributed by atoms with Gasteiger partial charge in [0.2, 0.25) is 0 Å². The quantitative estimate of drug-likeness (QED) is 0.689. The van der Waals surface area contributed by atoms with Gasteiger partial charge in [-0.1, -0.05) is 29.5 Å². The normalized spacial score (nSPS) is 17.9. The van der Waals surface area contributed by atoms with Crippen LogP contribution in [-0.4, -0.2) is 29.1 Å². The lowest BCUT2D eigenvalue weighted by molar-refractivity contribution is -0.122. The van der Waals surface area contributed by atoms with E-state index < -0.39 is 0 Å². The predicted octanol–water partition coefficient (Wildman–Crippen LogP) is 5.05. The van der Waals surface area contributed by atoms with E-state index >= 15 is 0 Å². The minimum absolute atomic E-state index is 0.0103. The summed E-state index contributed by atoms with van der Waals surface area (Å²) < 4.78 is 5.85. The molecule has 1 aromatic carbocycles. The number of hydrogen-bond donors (Lipinski definition) is 0. The third-order valence-electron chi connectivity index (χ3n) is 3.61. The average Bonchev–Trinajstić information content (AvgIpc) is 3.15. The molecule has 0 bridgehead atoms. The summed E-state index contributed by atoms with van der Waals surface area (Å²) >= 11 is 2.97. The van der Waals surface area contributed by atoms with E-state index in [1.54, 1.807) is 22.7 Å². The van der Waals surface area contributed by atoms with Gasteiger partial charge in [0.15, 0.2) is 10.3 Å². The maximum Gasteiger partial charge on any atom is 0.266 e. The minimum atomic E-state index is -0.0103. The van der Waals surface area contributed by atoms with E-state index in [1.807, 2.05) is 26.0 Å². The fourth-order valence-electron chi connectivity index (χ4n) is 2.36. The standard InChI is InChI=1S/C19H20N2O2S2/c1-4-20-19-21(5-2)18(22)16(25-19)12-14-8-11-17(23-14)24-15-9-6-13(3)7-10-15/h6-12H,4-5H2,1-3H3/b16-12-,20-19?. The second-order valence-electron chi connectivity index (χ2n) is 5.49. The van der Waals surface area contributed by atoms with Crippen LogP contribution in [0.15, 0.2) is 60.7 Å². The van der Waals surface area contributed by atoms with Crippen LogP contribution in [-0.2, 0) is 4.79 Å². The van der Waals surface area contributed by atoms with E-state index in [0.29, 0.717) is 23.8 Å². The molecule has 1 saturated heterocycles. The maximum absolute atomic E-state index is 12.5. The van der Waals surface area contributed by atoms with Crippen LogP contribution in [0.5, 0.6) is 0 Å². The Hall–Kier alpha value is -1.92. The number of aryl methyl sites for hydroxylation is 1. The third-order valence-corrected chi connectivity index (χ3v) is 5.59. The summed E-state index contributed by atoms with van der Waals surface area (Å²) in [5.41, 5.74) is 1.23. The lowest BCUT2D eigenvalue weighted by atomic mass is 10.2. The lowest BCUT2D eigenvalue weighted by Gasteiger charge is -2.11. The van der Waals surface area contributed by atoms with Crippen molar-refractivity contribution < 1.29 is 9.21 Å². The molecule has 1 fully saturated rings. The van der Waals surface area contributed by atoms with E-state index in [2.05, 4.69) is 36.2 Å². The molecule has 3 rings (SSSR count). The van der Waals surface area contributed by atoms with E-state index in [0.717, 1.165) is 15.2 Å². The van der Waals surface area contributed by atoms with Crippen molar-refractivity contribution in [1.82, 2.24) is 4.90 Å². The number of aliphatic imine (C=N–C) groups is 1. The number of furan rings is 1. The Morgan fingerprint density at radius 3 is 2.64 bits per heavy atom. The molecule has 0 spiro atoms. The van der Waals surface area contributed by atoms with Crippen LogP contribution in [0.25, 0.3) is 6.08 Å². The van der Waals surface area contributed by atoms with Crippen LogP contribution in [0, 0.1) is 6.92 Å². The summed E-state index contributed by atoms with van der Waals surface area (Å²) in [7, 11) is 0. The molecule has 6 heteroatoms. The monoisotopic (exact) mass is 372 g/mol. The van der Waals surface area contributed by atoms with E-state index in [1.165, 1.54) is 17.3 Å². The number of rotatable bonds is 5. The van der Waals surface area contributed by atoms with E-state index in [-0.39, 0.29) is 5.91 Å². The van der Waals surface area contributed by atoms with Gasteiger partial charge in [0, 0.05) is 24.1 Å². The molecular formula is C19H20N2O2S2. The van der Waals surface area contributed by atoms with Crippen LogP contribution < -0.4 is 0 Å². The first-order valence-corrected chi connectivity index (χ1v) is 9.84. The molecule has 1 amide bonds. The van der Waals surface area contributed by atoms with Crippen molar-refractivity contribution in [3.8, 4) is 0 Å². The minimum Gasteiger partial charge on any atom is -0.450 e. The Labute approximate surface area is 156 Å². The number of carbonyl (C=O) groups excluding carboxylic acids is 1. The highest BCUT2D eigenvalue weighted by Crippen LogP contribution is 2.34. The first-order chi connectivity index (χ1) is 12.1. The summed E-state index contributed by atoms with van der Waals surface area (Å²) in [6.07, 6.45) is 1.80. The highest BCUT2D eigenvalue weighted by molar-refractivity contribution is 8.18. The Balaban J connectivity index is 1.76. The summed E-state index contributed by atoms with van der Waals surface area (Å²) in [5, 5.41) is 1.57. The Bertz CT molecular complexity index is 822. The van der Waals surface area contributed by atoms with Gasteiger partial charge in [-0.3, -0.25) is 14.7 Å². The second kappa shape index (κ2) is 7.97. The SMILES string of the molecule is CCN=C1S/C(=C\c2ccc(Sc3ccc(C)cc3)o2)C(=O)N1CC. The van der Waals surface area contributed by atoms with Gasteiger partial charge in [-0.2, -0.15) is 0 Å². The first kappa shape index (κ1) is 17.9. The van der Waals surface area contributed by atoms with Crippen LogP contribution in [0.3, 0.4) is 0 Å². The molecule has 130 valence electrons. The third kappa shape index (κ3) is 4.19. The fraction of sp³-hybridized carbons (Fsp3) is 0.263. The molecule has 4 nitrogen and oxygen atoms in total. The summed E-state index contributed by atoms with van der Waals surface area (Å²) in [5.74, 6) is 0.670. The van der Waals surface area contributed by atoms with Crippen LogP contribution in [0.1, 0.15) is 25.2 Å². The van der Waals surface area contributed by atoms with Crippen LogP contribution >= 0.6 is 23.5 Å². The number of benzene rings is 1. The highest BCUT2D eigenvalue weighted by atomic mass is 32.2. The largest absolute Gasteiger partial charge is 0.450 e. The van der Waals surface area contributed by atoms with E-state index in [9.17, 15) is 4.79 Å². The summed E-state index contributed by atoms with van der Waals surface area (Å²) in [6, 6.07) is 12.1. The molecule has 0 unspecified atom stereocenters. The fourth-order valence-corrected chi connectivity index (χ4v) is 4.22. The van der Waals surface area contributed by atoms with Gasteiger partial charge in [-0.15, -0.1) is 0 Å². The number of nitrogens with zero attached hydrogens (tertiary/aromatic N) is 2. The first-order valence-electron chi connectivity index (χ1n) is 8.21. The molecule has 25 heavy (non-hydrogen) atoms. The van der Waals surface area contributed by atoms with Gasteiger partial charge in [-0.05, 0) is 56.8 Å². The predicted molar refractivity (Wildman–Crippen MR) is 105 cm³/mol. The van der Waals surface area contributed by atoms with Crippen molar-refractivity contribution in [2.75, 3.05) is 13.1 Å². The topological polar surface area (TPSA) is 45.8 Å². The molecular weight excluding hydrogens is 352 g/mol. The van der Waals surface area contributed by atoms with Gasteiger partial charge < -0.3 is 4.42 Å². The molecule has 2 heterocycles. The second-order valence-corrected chi connectivity index (χ2v) is 7.58. The molecule has 0 saturated carbocycles. The van der Waals surface area contributed by atoms with Gasteiger partial charge >= 0.3 is 0 Å². The number of amidine groups is 1. The molecule has 1 aliphatic rings. The van der Waals surface area contributed by atoms with Crippen LogP contribution in [0.2, 0.25) is 0 Å². The Kier molecular flexibility index (Phi) is 5.71. The Morgan fingerprint density at radius 1 is 1.20 bits per heavy atom. The summed E-state index contributed by atoms with van der Waals surface area (Å²) in [4.78, 5) is 20.3. The summed E-state index contributed by atoms with van der Waals surface area (Å²) in [6.45, 7) is 7.27. The van der Waals surface area contributed by atoms with Crippen LogP contribution in [0.4, 0.5) is 0 Å². The van der Waals surface area contributed by atoms with Gasteiger partial charge in [0.25, 0.3) is 5.91 Å². The van der Waals surface area contributed by atoms with Crippen molar-refractivity contribution in [3.05, 3.63) is 52.6 Å². The zero-order valence-corrected chi connectivity index (χ0v) is 16.1. The molecule has 1 aromatic heterocycles. The molecule has 0 aliphatic carbocycles.